The van der Waals surface area contributed by atoms with Crippen LogP contribution < -0.4 is 0 Å². The van der Waals surface area contributed by atoms with Gasteiger partial charge in [-0.1, -0.05) is 0 Å². The third kappa shape index (κ3) is 1.68. The highest BCUT2D eigenvalue weighted by Gasteiger charge is 2.35. The molecule has 7 heteroatoms. The molecule has 0 unspecified atom stereocenters. The van der Waals surface area contributed by atoms with Gasteiger partial charge < -0.3 is 14.9 Å². The molecule has 2 aromatic rings. The van der Waals surface area contributed by atoms with Gasteiger partial charge in [0.25, 0.3) is 0 Å². The molecule has 1 aliphatic heterocycles. The Balaban J connectivity index is 1.95. The van der Waals surface area contributed by atoms with Crippen molar-refractivity contribution in [2.75, 3.05) is 6.61 Å². The van der Waals surface area contributed by atoms with E-state index in [1.807, 2.05) is 0 Å². The number of fused-ring (bicyclic) bond motifs is 1. The first-order chi connectivity index (χ1) is 8.29. The minimum absolute atomic E-state index is 0.195. The van der Waals surface area contributed by atoms with Crippen molar-refractivity contribution >= 4 is 11.2 Å². The Morgan fingerprint density at radius 2 is 2.35 bits per heavy atom. The van der Waals surface area contributed by atoms with Gasteiger partial charge in [-0.15, -0.1) is 0 Å². The van der Waals surface area contributed by atoms with Crippen molar-refractivity contribution in [1.29, 1.82) is 0 Å². The fourth-order valence-corrected chi connectivity index (χ4v) is 2.05. The van der Waals surface area contributed by atoms with Crippen molar-refractivity contribution in [2.45, 2.75) is 24.9 Å². The largest absolute Gasteiger partial charge is 0.394 e. The average molecular weight is 236 g/mol. The molecule has 1 saturated heterocycles. The number of aliphatic hydroxyl groups excluding tert-OH is 2. The van der Waals surface area contributed by atoms with E-state index in [-0.39, 0.29) is 12.8 Å². The summed E-state index contributed by atoms with van der Waals surface area (Å²) < 4.78 is 7.28. The van der Waals surface area contributed by atoms with Crippen LogP contribution in [0.2, 0.25) is 0 Å². The van der Waals surface area contributed by atoms with E-state index in [0.29, 0.717) is 17.6 Å². The number of ether oxygens (including phenoxy) is 1. The van der Waals surface area contributed by atoms with Crippen molar-refractivity contribution in [1.82, 2.24) is 19.5 Å². The van der Waals surface area contributed by atoms with E-state index in [0.717, 1.165) is 0 Å². The third-order valence-electron chi connectivity index (χ3n) is 2.93. The van der Waals surface area contributed by atoms with Crippen LogP contribution in [0.25, 0.3) is 11.2 Å². The standard InChI is InChI=1S/C10H12N4O3/c15-3-8-7(16)1-9(17-8)14-5-13-6-2-11-4-12-10(6)14/h2,4-5,7-9,15-16H,1,3H2/t7-,8-,9-/m1/s1. The molecule has 17 heavy (non-hydrogen) atoms. The van der Waals surface area contributed by atoms with Crippen LogP contribution in [0.1, 0.15) is 12.6 Å². The quantitative estimate of drug-likeness (QED) is 0.728. The van der Waals surface area contributed by atoms with Crippen LogP contribution >= 0.6 is 0 Å². The molecule has 3 atom stereocenters. The first-order valence-corrected chi connectivity index (χ1v) is 5.36. The van der Waals surface area contributed by atoms with Crippen molar-refractivity contribution in [2.24, 2.45) is 0 Å². The normalized spacial score (nSPS) is 28.9. The summed E-state index contributed by atoms with van der Waals surface area (Å²) in [5.74, 6) is 0. The van der Waals surface area contributed by atoms with Gasteiger partial charge in [-0.25, -0.2) is 15.0 Å². The van der Waals surface area contributed by atoms with E-state index < -0.39 is 12.2 Å². The van der Waals surface area contributed by atoms with Crippen molar-refractivity contribution in [3.05, 3.63) is 18.9 Å². The maximum atomic E-state index is 9.68. The molecule has 3 rings (SSSR count). The second-order valence-corrected chi connectivity index (χ2v) is 4.00. The molecule has 90 valence electrons. The summed E-state index contributed by atoms with van der Waals surface area (Å²) >= 11 is 0. The molecule has 0 spiro atoms. The van der Waals surface area contributed by atoms with Crippen LogP contribution in [0.3, 0.4) is 0 Å². The van der Waals surface area contributed by atoms with Crippen LogP contribution in [0.4, 0.5) is 0 Å². The van der Waals surface area contributed by atoms with Crippen LogP contribution in [0.5, 0.6) is 0 Å². The van der Waals surface area contributed by atoms with E-state index in [4.69, 9.17) is 9.84 Å². The summed E-state index contributed by atoms with van der Waals surface area (Å²) in [6.45, 7) is -0.195. The lowest BCUT2D eigenvalue weighted by molar-refractivity contribution is -0.0432. The molecule has 7 nitrogen and oxygen atoms in total. The summed E-state index contributed by atoms with van der Waals surface area (Å²) in [5, 5.41) is 18.7. The molecule has 1 aliphatic rings. The zero-order valence-corrected chi connectivity index (χ0v) is 8.97. The number of hydrogen-bond donors (Lipinski definition) is 2. The second-order valence-electron chi connectivity index (χ2n) is 4.00. The second kappa shape index (κ2) is 4.02. The molecule has 2 aromatic heterocycles. The number of aliphatic hydroxyl groups is 2. The predicted octanol–water partition coefficient (Wildman–Crippen LogP) is -0.533. The topological polar surface area (TPSA) is 93.3 Å². The fourth-order valence-electron chi connectivity index (χ4n) is 2.05. The Morgan fingerprint density at radius 3 is 3.12 bits per heavy atom. The monoisotopic (exact) mass is 236 g/mol. The van der Waals surface area contributed by atoms with E-state index in [2.05, 4.69) is 15.0 Å². The SMILES string of the molecule is OC[C@H]1O[C@@H](n2cnc3cncnc32)C[C@H]1O. The Morgan fingerprint density at radius 1 is 1.47 bits per heavy atom. The number of hydrogen-bond acceptors (Lipinski definition) is 6. The molecular formula is C10H12N4O3. The average Bonchev–Trinajstić information content (AvgIpc) is 2.92. The molecule has 0 amide bonds. The Hall–Kier alpha value is -1.57. The number of imidazole rings is 1. The molecule has 0 aliphatic carbocycles. The molecule has 0 radical (unpaired) electrons. The highest BCUT2D eigenvalue weighted by atomic mass is 16.5. The van der Waals surface area contributed by atoms with E-state index >= 15 is 0 Å². The Labute approximate surface area is 96.7 Å². The maximum absolute atomic E-state index is 9.68. The first kappa shape index (κ1) is 10.6. The Kier molecular flexibility index (Phi) is 2.50. The van der Waals surface area contributed by atoms with Gasteiger partial charge in [-0.2, -0.15) is 0 Å². The van der Waals surface area contributed by atoms with Crippen LogP contribution in [-0.4, -0.2) is 48.5 Å². The first-order valence-electron chi connectivity index (χ1n) is 5.36. The van der Waals surface area contributed by atoms with Gasteiger partial charge in [0.15, 0.2) is 5.65 Å². The smallest absolute Gasteiger partial charge is 0.165 e. The van der Waals surface area contributed by atoms with E-state index in [1.54, 1.807) is 17.1 Å². The molecule has 2 N–H and O–H groups in total. The number of aromatic nitrogens is 4. The summed E-state index contributed by atoms with van der Waals surface area (Å²) in [5.41, 5.74) is 1.34. The van der Waals surface area contributed by atoms with Crippen LogP contribution in [-0.2, 0) is 4.74 Å². The van der Waals surface area contributed by atoms with Gasteiger partial charge in [-0.3, -0.25) is 4.57 Å². The van der Waals surface area contributed by atoms with Gasteiger partial charge in [0.05, 0.1) is 25.2 Å². The number of rotatable bonds is 2. The third-order valence-corrected chi connectivity index (χ3v) is 2.93. The van der Waals surface area contributed by atoms with Gasteiger partial charge >= 0.3 is 0 Å². The summed E-state index contributed by atoms with van der Waals surface area (Å²) in [4.78, 5) is 12.2. The Bertz CT molecular complexity index is 529. The maximum Gasteiger partial charge on any atom is 0.165 e. The van der Waals surface area contributed by atoms with Crippen molar-refractivity contribution in [3.8, 4) is 0 Å². The molecule has 3 heterocycles. The zero-order valence-electron chi connectivity index (χ0n) is 8.97. The lowest BCUT2D eigenvalue weighted by Gasteiger charge is -2.13. The highest BCUT2D eigenvalue weighted by molar-refractivity contribution is 5.68. The minimum Gasteiger partial charge on any atom is -0.394 e. The predicted molar refractivity (Wildman–Crippen MR) is 56.9 cm³/mol. The molecule has 0 bridgehead atoms. The lowest BCUT2D eigenvalue weighted by Crippen LogP contribution is -2.24. The van der Waals surface area contributed by atoms with Crippen molar-refractivity contribution in [3.63, 3.8) is 0 Å². The fraction of sp³-hybridized carbons (Fsp3) is 0.500. The van der Waals surface area contributed by atoms with Gasteiger partial charge in [0, 0.05) is 6.42 Å². The van der Waals surface area contributed by atoms with Crippen LogP contribution in [0.15, 0.2) is 18.9 Å². The van der Waals surface area contributed by atoms with Gasteiger partial charge in [-0.05, 0) is 0 Å². The lowest BCUT2D eigenvalue weighted by atomic mass is 10.2. The summed E-state index contributed by atoms with van der Waals surface area (Å²) in [6.07, 6.45) is 3.53. The molecule has 1 fully saturated rings. The van der Waals surface area contributed by atoms with Crippen LogP contribution in [0, 0.1) is 0 Å². The number of nitrogens with zero attached hydrogens (tertiary/aromatic N) is 4. The van der Waals surface area contributed by atoms with Crippen molar-refractivity contribution < 1.29 is 14.9 Å². The summed E-state index contributed by atoms with van der Waals surface area (Å²) in [7, 11) is 0. The van der Waals surface area contributed by atoms with E-state index in [9.17, 15) is 5.11 Å². The summed E-state index contributed by atoms with van der Waals surface area (Å²) in [6, 6.07) is 0. The van der Waals surface area contributed by atoms with Gasteiger partial charge in [0.1, 0.15) is 24.2 Å². The molecular weight excluding hydrogens is 224 g/mol. The molecule has 0 saturated carbocycles. The minimum atomic E-state index is -0.663. The zero-order chi connectivity index (χ0) is 11.8. The molecule has 0 aromatic carbocycles. The van der Waals surface area contributed by atoms with E-state index in [1.165, 1.54) is 6.33 Å². The highest BCUT2D eigenvalue weighted by Crippen LogP contribution is 2.30. The van der Waals surface area contributed by atoms with Gasteiger partial charge in [0.2, 0.25) is 0 Å².